The van der Waals surface area contributed by atoms with E-state index in [4.69, 9.17) is 10.5 Å². The molecule has 0 atom stereocenters. The number of aromatic nitrogens is 4. The van der Waals surface area contributed by atoms with Crippen molar-refractivity contribution in [1.82, 2.24) is 19.3 Å². The van der Waals surface area contributed by atoms with E-state index >= 15 is 0 Å². The van der Waals surface area contributed by atoms with Crippen LogP contribution in [-0.4, -0.2) is 26.4 Å². The molecule has 3 rings (SSSR count). The van der Waals surface area contributed by atoms with Gasteiger partial charge in [0.15, 0.2) is 5.65 Å². The van der Waals surface area contributed by atoms with Gasteiger partial charge in [0, 0.05) is 13.1 Å². The second-order valence-corrected chi connectivity index (χ2v) is 5.00. The molecule has 0 aliphatic heterocycles. The van der Waals surface area contributed by atoms with Crippen LogP contribution in [-0.2, 0) is 13.5 Å². The number of rotatable bonds is 4. The van der Waals surface area contributed by atoms with Gasteiger partial charge in [0.1, 0.15) is 11.3 Å². The van der Waals surface area contributed by atoms with Crippen LogP contribution in [0.25, 0.3) is 16.9 Å². The second-order valence-electron chi connectivity index (χ2n) is 5.00. The summed E-state index contributed by atoms with van der Waals surface area (Å²) in [5.74, 6) is 1.24. The molecule has 0 bridgehead atoms. The Bertz CT molecular complexity index is 787. The summed E-state index contributed by atoms with van der Waals surface area (Å²) in [6.45, 7) is 2.13. The number of fused-ring (bicyclic) bond motifs is 1. The van der Waals surface area contributed by atoms with Gasteiger partial charge in [0.2, 0.25) is 5.95 Å². The van der Waals surface area contributed by atoms with Crippen LogP contribution in [0, 0.1) is 0 Å². The van der Waals surface area contributed by atoms with Gasteiger partial charge in [0.25, 0.3) is 0 Å². The number of methoxy groups -OCH3 is 1. The van der Waals surface area contributed by atoms with Crippen molar-refractivity contribution in [3.63, 3.8) is 0 Å². The van der Waals surface area contributed by atoms with Gasteiger partial charge in [-0.3, -0.25) is 4.57 Å². The molecule has 0 fully saturated rings. The summed E-state index contributed by atoms with van der Waals surface area (Å²) in [6.07, 6.45) is 1.92. The van der Waals surface area contributed by atoms with E-state index < -0.39 is 0 Å². The summed E-state index contributed by atoms with van der Waals surface area (Å²) in [5, 5.41) is 4.56. The number of hydrogen-bond acceptors (Lipinski definition) is 4. The minimum atomic E-state index is 0.462. The molecule has 0 amide bonds. The molecule has 0 aliphatic carbocycles. The van der Waals surface area contributed by atoms with E-state index in [1.807, 2.05) is 40.6 Å². The Hall–Kier alpha value is -2.50. The van der Waals surface area contributed by atoms with Crippen molar-refractivity contribution < 1.29 is 4.74 Å². The van der Waals surface area contributed by atoms with Crippen LogP contribution in [0.15, 0.2) is 24.3 Å². The van der Waals surface area contributed by atoms with Crippen molar-refractivity contribution in [2.24, 2.45) is 7.05 Å². The van der Waals surface area contributed by atoms with Gasteiger partial charge in [0.05, 0.1) is 18.5 Å². The van der Waals surface area contributed by atoms with Crippen LogP contribution in [0.1, 0.15) is 19.0 Å². The molecule has 3 aromatic rings. The third kappa shape index (κ3) is 2.12. The summed E-state index contributed by atoms with van der Waals surface area (Å²) >= 11 is 0. The summed E-state index contributed by atoms with van der Waals surface area (Å²) < 4.78 is 9.03. The summed E-state index contributed by atoms with van der Waals surface area (Å²) in [6, 6.07) is 7.75. The number of ether oxygens (including phenoxy) is 1. The highest BCUT2D eigenvalue weighted by Crippen LogP contribution is 2.27. The second kappa shape index (κ2) is 5.12. The van der Waals surface area contributed by atoms with Crippen LogP contribution in [0.2, 0.25) is 0 Å². The Morgan fingerprint density at radius 3 is 2.86 bits per heavy atom. The fourth-order valence-electron chi connectivity index (χ4n) is 2.61. The molecular weight excluding hydrogens is 266 g/mol. The van der Waals surface area contributed by atoms with Gasteiger partial charge in [-0.2, -0.15) is 5.10 Å². The highest BCUT2D eigenvalue weighted by atomic mass is 16.5. The van der Waals surface area contributed by atoms with Crippen LogP contribution >= 0.6 is 0 Å². The average Bonchev–Trinajstić information content (AvgIpc) is 2.97. The lowest BCUT2D eigenvalue weighted by Crippen LogP contribution is -2.05. The number of aryl methyl sites for hydroxylation is 2. The third-order valence-electron chi connectivity index (χ3n) is 3.53. The fourth-order valence-corrected chi connectivity index (χ4v) is 2.61. The number of hydrogen-bond donors (Lipinski definition) is 1. The minimum Gasteiger partial charge on any atom is -0.497 e. The maximum atomic E-state index is 6.13. The fraction of sp³-hybridized carbons (Fsp3) is 0.333. The molecule has 0 unspecified atom stereocenters. The van der Waals surface area contributed by atoms with Crippen LogP contribution < -0.4 is 10.5 Å². The number of imidazole rings is 1. The Balaban J connectivity index is 2.24. The molecule has 0 radical (unpaired) electrons. The molecular formula is C15H19N5O. The van der Waals surface area contributed by atoms with E-state index in [1.54, 1.807) is 7.11 Å². The lowest BCUT2D eigenvalue weighted by Gasteiger charge is -2.08. The number of nitrogen functional groups attached to an aromatic ring is 1. The number of anilines is 1. The Morgan fingerprint density at radius 2 is 2.14 bits per heavy atom. The number of nitrogens with zero attached hydrogens (tertiary/aromatic N) is 4. The van der Waals surface area contributed by atoms with Crippen molar-refractivity contribution >= 4 is 17.1 Å². The molecule has 110 valence electrons. The molecule has 21 heavy (non-hydrogen) atoms. The van der Waals surface area contributed by atoms with Crippen molar-refractivity contribution in [3.8, 4) is 11.4 Å². The predicted octanol–water partition coefficient (Wildman–Crippen LogP) is 2.30. The minimum absolute atomic E-state index is 0.462. The average molecular weight is 285 g/mol. The van der Waals surface area contributed by atoms with Gasteiger partial charge in [-0.1, -0.05) is 19.4 Å². The lowest BCUT2D eigenvalue weighted by atomic mass is 10.2. The molecule has 0 spiro atoms. The van der Waals surface area contributed by atoms with Crippen molar-refractivity contribution in [2.45, 2.75) is 19.8 Å². The van der Waals surface area contributed by atoms with Crippen molar-refractivity contribution in [1.29, 1.82) is 0 Å². The van der Waals surface area contributed by atoms with Gasteiger partial charge in [-0.25, -0.2) is 9.67 Å². The monoisotopic (exact) mass is 285 g/mol. The molecule has 2 aromatic heterocycles. The van der Waals surface area contributed by atoms with Crippen molar-refractivity contribution in [3.05, 3.63) is 30.0 Å². The Kier molecular flexibility index (Phi) is 3.29. The molecule has 0 aliphatic rings. The zero-order valence-electron chi connectivity index (χ0n) is 12.5. The smallest absolute Gasteiger partial charge is 0.207 e. The first-order valence-corrected chi connectivity index (χ1v) is 7.00. The highest BCUT2D eigenvalue weighted by Gasteiger charge is 2.18. The van der Waals surface area contributed by atoms with Gasteiger partial charge < -0.3 is 10.5 Å². The summed E-state index contributed by atoms with van der Waals surface area (Å²) in [5.41, 5.74) is 9.81. The van der Waals surface area contributed by atoms with E-state index in [-0.39, 0.29) is 0 Å². The van der Waals surface area contributed by atoms with Crippen LogP contribution in [0.3, 0.4) is 0 Å². The SMILES string of the molecule is CCCc1nn(C)c2c1nc(N)n2-c1cccc(OC)c1. The maximum Gasteiger partial charge on any atom is 0.207 e. The number of benzene rings is 1. The largest absolute Gasteiger partial charge is 0.497 e. The molecule has 2 heterocycles. The maximum absolute atomic E-state index is 6.13. The van der Waals surface area contributed by atoms with Gasteiger partial charge in [-0.15, -0.1) is 0 Å². The molecule has 2 N–H and O–H groups in total. The van der Waals surface area contributed by atoms with E-state index in [1.165, 1.54) is 0 Å². The standard InChI is InChI=1S/C15H19N5O/c1-4-6-12-13-14(19(2)18-12)20(15(16)17-13)10-7-5-8-11(9-10)21-3/h5,7-9H,4,6H2,1-3H3,(H2,16,17). The lowest BCUT2D eigenvalue weighted by molar-refractivity contribution is 0.414. The predicted molar refractivity (Wildman–Crippen MR) is 82.8 cm³/mol. The normalized spacial score (nSPS) is 11.2. The topological polar surface area (TPSA) is 70.9 Å². The van der Waals surface area contributed by atoms with E-state index in [0.717, 1.165) is 41.1 Å². The van der Waals surface area contributed by atoms with Crippen molar-refractivity contribution in [2.75, 3.05) is 12.8 Å². The van der Waals surface area contributed by atoms with E-state index in [2.05, 4.69) is 17.0 Å². The zero-order valence-corrected chi connectivity index (χ0v) is 12.5. The van der Waals surface area contributed by atoms with E-state index in [9.17, 15) is 0 Å². The summed E-state index contributed by atoms with van der Waals surface area (Å²) in [7, 11) is 3.56. The first-order chi connectivity index (χ1) is 10.2. The van der Waals surface area contributed by atoms with Gasteiger partial charge in [-0.05, 0) is 18.6 Å². The molecule has 0 saturated carbocycles. The van der Waals surface area contributed by atoms with E-state index in [0.29, 0.717) is 5.95 Å². The molecule has 1 aromatic carbocycles. The Morgan fingerprint density at radius 1 is 1.33 bits per heavy atom. The quantitative estimate of drug-likeness (QED) is 0.798. The number of nitrogens with two attached hydrogens (primary N) is 1. The molecule has 6 nitrogen and oxygen atoms in total. The highest BCUT2D eigenvalue weighted by molar-refractivity contribution is 5.80. The first kappa shape index (κ1) is 13.5. The van der Waals surface area contributed by atoms with Crippen LogP contribution in [0.5, 0.6) is 5.75 Å². The third-order valence-corrected chi connectivity index (χ3v) is 3.53. The Labute approximate surface area is 123 Å². The van der Waals surface area contributed by atoms with Gasteiger partial charge >= 0.3 is 0 Å². The zero-order chi connectivity index (χ0) is 15.0. The molecule has 6 heteroatoms. The van der Waals surface area contributed by atoms with Crippen LogP contribution in [0.4, 0.5) is 5.95 Å². The molecule has 0 saturated heterocycles. The summed E-state index contributed by atoms with van der Waals surface area (Å²) in [4.78, 5) is 4.50. The first-order valence-electron chi connectivity index (χ1n) is 7.00.